The van der Waals surface area contributed by atoms with Crippen molar-refractivity contribution < 1.29 is 23.9 Å². The first kappa shape index (κ1) is 17.3. The minimum Gasteiger partial charge on any atom is -0.468 e. The minimum absolute atomic E-state index is 0.144. The van der Waals surface area contributed by atoms with Gasteiger partial charge in [0.15, 0.2) is 12.3 Å². The van der Waals surface area contributed by atoms with E-state index in [0.717, 1.165) is 5.52 Å². The van der Waals surface area contributed by atoms with E-state index in [1.807, 2.05) is 6.07 Å². The predicted molar refractivity (Wildman–Crippen MR) is 91.2 cm³/mol. The van der Waals surface area contributed by atoms with Crippen LogP contribution >= 0.6 is 11.8 Å². The number of thioether (sulfide) groups is 1. The van der Waals surface area contributed by atoms with Gasteiger partial charge in [-0.1, -0.05) is 18.2 Å². The maximum absolute atomic E-state index is 12.3. The van der Waals surface area contributed by atoms with E-state index in [1.54, 1.807) is 18.2 Å². The highest BCUT2D eigenvalue weighted by Crippen LogP contribution is 2.20. The first-order valence-electron chi connectivity index (χ1n) is 7.67. The molecule has 0 saturated carbocycles. The van der Waals surface area contributed by atoms with Gasteiger partial charge in [-0.05, 0) is 6.07 Å². The van der Waals surface area contributed by atoms with Crippen LogP contribution in [-0.2, 0) is 19.1 Å². The first-order chi connectivity index (χ1) is 12.1. The van der Waals surface area contributed by atoms with Crippen molar-refractivity contribution in [3.8, 4) is 0 Å². The normalized spacial score (nSPS) is 17.3. The third-order valence-corrected chi connectivity index (χ3v) is 5.04. The number of carbonyl (C=O) groups is 3. The number of hydrogen-bond acceptors (Lipinski definition) is 7. The third-order valence-electron chi connectivity index (χ3n) is 3.87. The minimum atomic E-state index is -0.665. The fraction of sp³-hybridized carbons (Fsp3) is 0.375. The summed E-state index contributed by atoms with van der Waals surface area (Å²) in [4.78, 5) is 37.5. The van der Waals surface area contributed by atoms with E-state index in [1.165, 1.54) is 23.8 Å². The number of H-pyrrole nitrogens is 1. The molecule has 0 radical (unpaired) electrons. The molecule has 1 atom stereocenters. The number of benzene rings is 1. The van der Waals surface area contributed by atoms with Gasteiger partial charge in [0.1, 0.15) is 5.25 Å². The van der Waals surface area contributed by atoms with Crippen molar-refractivity contribution in [3.05, 3.63) is 30.0 Å². The first-order valence-corrected chi connectivity index (χ1v) is 8.72. The summed E-state index contributed by atoms with van der Waals surface area (Å²) in [5.41, 5.74) is 0.861. The molecule has 2 heterocycles. The van der Waals surface area contributed by atoms with Gasteiger partial charge in [0.05, 0.1) is 12.6 Å². The number of para-hydroxylation sites is 1. The van der Waals surface area contributed by atoms with E-state index in [4.69, 9.17) is 9.47 Å². The number of methoxy groups -OCH3 is 1. The van der Waals surface area contributed by atoms with Crippen LogP contribution in [0.3, 0.4) is 0 Å². The van der Waals surface area contributed by atoms with Gasteiger partial charge in [-0.2, -0.15) is 5.10 Å². The van der Waals surface area contributed by atoms with Crippen molar-refractivity contribution >= 4 is 40.5 Å². The molecule has 132 valence electrons. The fourth-order valence-corrected chi connectivity index (χ4v) is 3.68. The zero-order valence-corrected chi connectivity index (χ0v) is 14.4. The molecular formula is C16H17N3O5S. The average Bonchev–Trinajstić information content (AvgIpc) is 3.09. The number of rotatable bonds is 4. The molecule has 0 bridgehead atoms. The van der Waals surface area contributed by atoms with Gasteiger partial charge in [0.25, 0.3) is 5.91 Å². The van der Waals surface area contributed by atoms with Gasteiger partial charge in [-0.3, -0.25) is 14.7 Å². The molecule has 1 fully saturated rings. The molecule has 1 amide bonds. The smallest absolute Gasteiger partial charge is 0.359 e. The Morgan fingerprint density at radius 1 is 1.36 bits per heavy atom. The summed E-state index contributed by atoms with van der Waals surface area (Å²) < 4.78 is 9.81. The zero-order valence-electron chi connectivity index (χ0n) is 13.6. The second kappa shape index (κ2) is 7.56. The Kier molecular flexibility index (Phi) is 5.22. The molecule has 1 aliphatic rings. The quantitative estimate of drug-likeness (QED) is 0.803. The highest BCUT2D eigenvalue weighted by molar-refractivity contribution is 8.00. The van der Waals surface area contributed by atoms with Gasteiger partial charge >= 0.3 is 11.9 Å². The second-order valence-electron chi connectivity index (χ2n) is 5.42. The van der Waals surface area contributed by atoms with Gasteiger partial charge in [-0.15, -0.1) is 11.8 Å². The zero-order chi connectivity index (χ0) is 17.8. The molecule has 1 aromatic carbocycles. The number of carbonyl (C=O) groups excluding carboxylic acids is 3. The number of aromatic nitrogens is 2. The highest BCUT2D eigenvalue weighted by Gasteiger charge is 2.30. The Balaban J connectivity index is 1.58. The summed E-state index contributed by atoms with van der Waals surface area (Å²) in [5.74, 6) is -0.740. The Labute approximate surface area is 147 Å². The Hall–Kier alpha value is -2.55. The summed E-state index contributed by atoms with van der Waals surface area (Å²) in [7, 11) is 1.32. The topological polar surface area (TPSA) is 102 Å². The number of esters is 2. The lowest BCUT2D eigenvalue weighted by Gasteiger charge is -2.30. The number of aromatic amines is 1. The molecule has 1 N–H and O–H groups in total. The molecule has 1 aromatic heterocycles. The SMILES string of the molecule is COC(=O)[C@H]1CN(C(=O)COC(=O)c2n[nH]c3ccccc23)CCS1. The molecule has 1 saturated heterocycles. The standard InChI is InChI=1S/C16H17N3O5S/c1-23-15(21)12-8-19(6-7-25-12)13(20)9-24-16(22)14-10-4-2-3-5-11(10)17-18-14/h2-5,12H,6-9H2,1H3,(H,17,18)/t12-/m1/s1. The van der Waals surface area contributed by atoms with Gasteiger partial charge in [0, 0.05) is 24.2 Å². The average molecular weight is 363 g/mol. The van der Waals surface area contributed by atoms with Crippen LogP contribution in [0.1, 0.15) is 10.5 Å². The van der Waals surface area contributed by atoms with Crippen LogP contribution in [0.5, 0.6) is 0 Å². The molecule has 3 rings (SSSR count). The summed E-state index contributed by atoms with van der Waals surface area (Å²) in [6, 6.07) is 7.16. The molecule has 0 aliphatic carbocycles. The molecule has 9 heteroatoms. The molecule has 1 aliphatic heterocycles. The number of hydrogen-bond donors (Lipinski definition) is 1. The Morgan fingerprint density at radius 3 is 2.96 bits per heavy atom. The predicted octanol–water partition coefficient (Wildman–Crippen LogP) is 0.837. The van der Waals surface area contributed by atoms with Crippen LogP contribution < -0.4 is 0 Å². The van der Waals surface area contributed by atoms with Crippen LogP contribution in [0.2, 0.25) is 0 Å². The van der Waals surface area contributed by atoms with E-state index in [2.05, 4.69) is 10.2 Å². The number of fused-ring (bicyclic) bond motifs is 1. The fourth-order valence-electron chi connectivity index (χ4n) is 2.56. The Bertz CT molecular complexity index is 806. The summed E-state index contributed by atoms with van der Waals surface area (Å²) in [6.45, 7) is 0.359. The number of ether oxygens (including phenoxy) is 2. The van der Waals surface area contributed by atoms with E-state index in [-0.39, 0.29) is 24.1 Å². The van der Waals surface area contributed by atoms with Crippen LogP contribution in [-0.4, -0.2) is 70.8 Å². The lowest BCUT2D eigenvalue weighted by atomic mass is 10.2. The number of nitrogens with zero attached hydrogens (tertiary/aromatic N) is 2. The Morgan fingerprint density at radius 2 is 2.16 bits per heavy atom. The van der Waals surface area contributed by atoms with E-state index < -0.39 is 17.8 Å². The molecule has 25 heavy (non-hydrogen) atoms. The van der Waals surface area contributed by atoms with E-state index in [0.29, 0.717) is 17.7 Å². The molecule has 8 nitrogen and oxygen atoms in total. The van der Waals surface area contributed by atoms with Crippen LogP contribution in [0, 0.1) is 0 Å². The van der Waals surface area contributed by atoms with Crippen molar-refractivity contribution in [3.63, 3.8) is 0 Å². The van der Waals surface area contributed by atoms with Gasteiger partial charge in [0.2, 0.25) is 0 Å². The summed E-state index contributed by atoms with van der Waals surface area (Å²) in [6.07, 6.45) is 0. The monoisotopic (exact) mass is 363 g/mol. The highest BCUT2D eigenvalue weighted by atomic mass is 32.2. The maximum atomic E-state index is 12.3. The van der Waals surface area contributed by atoms with Crippen molar-refractivity contribution in [2.24, 2.45) is 0 Å². The molecule has 2 aromatic rings. The largest absolute Gasteiger partial charge is 0.468 e. The van der Waals surface area contributed by atoms with Gasteiger partial charge in [-0.25, -0.2) is 4.79 Å². The van der Waals surface area contributed by atoms with Crippen molar-refractivity contribution in [2.45, 2.75) is 5.25 Å². The van der Waals surface area contributed by atoms with Crippen LogP contribution in [0.25, 0.3) is 10.9 Å². The molecule has 0 spiro atoms. The molecular weight excluding hydrogens is 346 g/mol. The second-order valence-corrected chi connectivity index (χ2v) is 6.73. The summed E-state index contributed by atoms with van der Waals surface area (Å²) >= 11 is 1.45. The summed E-state index contributed by atoms with van der Waals surface area (Å²) in [5, 5.41) is 6.92. The number of nitrogens with one attached hydrogen (secondary N) is 1. The third kappa shape index (κ3) is 3.76. The van der Waals surface area contributed by atoms with Crippen molar-refractivity contribution in [2.75, 3.05) is 32.6 Å². The van der Waals surface area contributed by atoms with Crippen LogP contribution in [0.4, 0.5) is 0 Å². The van der Waals surface area contributed by atoms with Gasteiger partial charge < -0.3 is 14.4 Å². The van der Waals surface area contributed by atoms with Crippen molar-refractivity contribution in [1.29, 1.82) is 0 Å². The van der Waals surface area contributed by atoms with E-state index in [9.17, 15) is 14.4 Å². The van der Waals surface area contributed by atoms with Crippen molar-refractivity contribution in [1.82, 2.24) is 15.1 Å². The van der Waals surface area contributed by atoms with E-state index >= 15 is 0 Å². The number of amides is 1. The molecule has 0 unspecified atom stereocenters. The lowest BCUT2D eigenvalue weighted by molar-refractivity contribution is -0.141. The lowest BCUT2D eigenvalue weighted by Crippen LogP contribution is -2.46. The van der Waals surface area contributed by atoms with Crippen LogP contribution in [0.15, 0.2) is 24.3 Å². The maximum Gasteiger partial charge on any atom is 0.359 e.